The fourth-order valence-electron chi connectivity index (χ4n) is 7.73. The van der Waals surface area contributed by atoms with Crippen molar-refractivity contribution in [2.75, 3.05) is 69.7 Å². The van der Waals surface area contributed by atoms with Gasteiger partial charge in [0, 0.05) is 56.3 Å². The number of anilines is 2. The number of hydrogen-bond donors (Lipinski definition) is 2. The number of esters is 1. The highest BCUT2D eigenvalue weighted by atomic mass is 28.2. The maximum Gasteiger partial charge on any atom is 0.306 e. The minimum atomic E-state index is -0.180. The van der Waals surface area contributed by atoms with Gasteiger partial charge in [0.25, 0.3) is 0 Å². The Morgan fingerprint density at radius 3 is 2.73 bits per heavy atom. The number of nitrogens with one attached hydrogen (secondary N) is 2. The molecule has 45 heavy (non-hydrogen) atoms. The summed E-state index contributed by atoms with van der Waals surface area (Å²) < 4.78 is 7.35. The van der Waals surface area contributed by atoms with Gasteiger partial charge in [-0.1, -0.05) is 6.07 Å². The molecule has 0 amide bonds. The first-order valence-electron chi connectivity index (χ1n) is 16.8. The molecule has 10 heteroatoms. The summed E-state index contributed by atoms with van der Waals surface area (Å²) in [7, 11) is 2.22. The van der Waals surface area contributed by atoms with E-state index in [9.17, 15) is 4.79 Å². The van der Waals surface area contributed by atoms with Gasteiger partial charge in [-0.15, -0.1) is 0 Å². The van der Waals surface area contributed by atoms with E-state index in [1.165, 1.54) is 48.9 Å². The lowest BCUT2D eigenvalue weighted by Crippen LogP contribution is -2.43. The summed E-state index contributed by atoms with van der Waals surface area (Å²) in [5, 5.41) is 11.6. The summed E-state index contributed by atoms with van der Waals surface area (Å²) in [5.41, 5.74) is 8.73. The molecule has 0 saturated carbocycles. The third-order valence-electron chi connectivity index (χ3n) is 10.3. The minimum absolute atomic E-state index is 0.114. The Morgan fingerprint density at radius 2 is 1.93 bits per heavy atom. The fraction of sp³-hybridized carbons (Fsp3) is 0.571. The molecular weight excluding hydrogens is 579 g/mol. The van der Waals surface area contributed by atoms with Crippen LogP contribution in [0.5, 0.6) is 0 Å². The van der Waals surface area contributed by atoms with Crippen LogP contribution in [0.2, 0.25) is 5.54 Å². The lowest BCUT2D eigenvalue weighted by Gasteiger charge is -2.31. The quantitative estimate of drug-likeness (QED) is 0.260. The van der Waals surface area contributed by atoms with Crippen LogP contribution in [0.4, 0.5) is 11.5 Å². The zero-order valence-electron chi connectivity index (χ0n) is 27.1. The number of pyridine rings is 1. The number of carbonyl (C=O) groups excluding carboxylic acids is 1. The zero-order chi connectivity index (χ0) is 31.0. The number of aryl methyl sites for hydroxylation is 4. The number of benzene rings is 1. The number of carbonyl (C=O) groups is 1. The van der Waals surface area contributed by atoms with Crippen molar-refractivity contribution >= 4 is 27.0 Å². The summed E-state index contributed by atoms with van der Waals surface area (Å²) in [5.74, 6) is 1.68. The van der Waals surface area contributed by atoms with Crippen LogP contribution >= 0.6 is 0 Å². The molecule has 3 aromatic rings. The Kier molecular flexibility index (Phi) is 8.72. The molecule has 3 fully saturated rings. The maximum absolute atomic E-state index is 12.9. The molecule has 9 nitrogen and oxygen atoms in total. The van der Waals surface area contributed by atoms with Crippen molar-refractivity contribution < 1.29 is 9.53 Å². The molecule has 0 bridgehead atoms. The molecule has 6 heterocycles. The maximum atomic E-state index is 12.9. The molecule has 3 atom stereocenters. The number of methoxy groups -OCH3 is 1. The molecule has 4 aliphatic heterocycles. The number of fused-ring (bicyclic) bond motifs is 1. The highest BCUT2D eigenvalue weighted by Crippen LogP contribution is 2.55. The van der Waals surface area contributed by atoms with Crippen molar-refractivity contribution in [1.82, 2.24) is 25.0 Å². The van der Waals surface area contributed by atoms with Crippen molar-refractivity contribution in [2.24, 2.45) is 5.92 Å². The molecule has 7 rings (SSSR count). The van der Waals surface area contributed by atoms with Crippen LogP contribution in [0.25, 0.3) is 5.69 Å². The molecular formula is C35H47N7O2Si. The standard InChI is InChI=1S/C35H47N7O2Si/c1-24-17-25(2)42(39-24)31-19-28(18-30(20-31)41-15-12-36-13-16-41)35(21-33(43)44-3)32(45-35)23-40-14-10-26(22-40)6-8-29-9-7-27-5-4-11-37-34(27)38-29/h7,9,17-20,26,32,36H,4-6,8,10-16,21-23H2,1-3H3,(H,37,38)/t26-,32?,35+/m1/s1. The van der Waals surface area contributed by atoms with Gasteiger partial charge in [-0.25, -0.2) is 9.67 Å². The first kappa shape index (κ1) is 30.4. The summed E-state index contributed by atoms with van der Waals surface area (Å²) in [4.78, 5) is 23.0. The zero-order valence-corrected chi connectivity index (χ0v) is 28.1. The molecule has 0 aliphatic carbocycles. The first-order valence-corrected chi connectivity index (χ1v) is 17.9. The number of rotatable bonds is 10. The summed E-state index contributed by atoms with van der Waals surface area (Å²) >= 11 is 0. The predicted octanol–water partition coefficient (Wildman–Crippen LogP) is 3.87. The third-order valence-corrected chi connectivity index (χ3v) is 12.4. The van der Waals surface area contributed by atoms with Gasteiger partial charge in [0.05, 0.1) is 34.4 Å². The van der Waals surface area contributed by atoms with Crippen LogP contribution in [-0.2, 0) is 27.4 Å². The Hall–Kier alpha value is -3.21. The van der Waals surface area contributed by atoms with Crippen molar-refractivity contribution in [3.05, 3.63) is 64.6 Å². The molecule has 4 aliphatic rings. The second kappa shape index (κ2) is 12.9. The van der Waals surface area contributed by atoms with E-state index in [4.69, 9.17) is 14.8 Å². The van der Waals surface area contributed by atoms with Crippen molar-refractivity contribution in [3.63, 3.8) is 0 Å². The molecule has 2 aromatic heterocycles. The van der Waals surface area contributed by atoms with Gasteiger partial charge >= 0.3 is 5.97 Å². The molecule has 2 N–H and O–H groups in total. The van der Waals surface area contributed by atoms with Crippen LogP contribution in [-0.4, -0.2) is 94.6 Å². The summed E-state index contributed by atoms with van der Waals surface area (Å²) in [6.45, 7) is 12.4. The molecule has 2 radical (unpaired) electrons. The van der Waals surface area contributed by atoms with E-state index in [1.54, 1.807) is 0 Å². The Bertz CT molecular complexity index is 1540. The summed E-state index contributed by atoms with van der Waals surface area (Å²) in [6.07, 6.45) is 6.23. The normalized spacial score (nSPS) is 24.7. The van der Waals surface area contributed by atoms with Crippen LogP contribution in [0.15, 0.2) is 36.4 Å². The third kappa shape index (κ3) is 6.55. The van der Waals surface area contributed by atoms with Crippen LogP contribution in [0, 0.1) is 19.8 Å². The van der Waals surface area contributed by atoms with E-state index in [1.807, 2.05) is 6.92 Å². The molecule has 0 spiro atoms. The van der Waals surface area contributed by atoms with Gasteiger partial charge in [0.1, 0.15) is 5.82 Å². The lowest BCUT2D eigenvalue weighted by molar-refractivity contribution is -0.141. The van der Waals surface area contributed by atoms with E-state index in [-0.39, 0.29) is 11.0 Å². The van der Waals surface area contributed by atoms with E-state index in [0.717, 1.165) is 88.1 Å². The van der Waals surface area contributed by atoms with Crippen molar-refractivity contribution in [1.29, 1.82) is 0 Å². The Labute approximate surface area is 269 Å². The highest BCUT2D eigenvalue weighted by Gasteiger charge is 2.58. The Balaban J connectivity index is 1.08. The van der Waals surface area contributed by atoms with Gasteiger partial charge in [-0.2, -0.15) is 5.10 Å². The fourth-order valence-corrected chi connectivity index (χ4v) is 9.54. The number of piperazine rings is 1. The average molecular weight is 626 g/mol. The van der Waals surface area contributed by atoms with Crippen LogP contribution in [0.3, 0.4) is 0 Å². The number of hydrogen-bond acceptors (Lipinski definition) is 8. The van der Waals surface area contributed by atoms with Gasteiger partial charge < -0.3 is 25.2 Å². The topological polar surface area (TPSA) is 87.6 Å². The molecule has 3 saturated heterocycles. The lowest BCUT2D eigenvalue weighted by atomic mass is 9.91. The van der Waals surface area contributed by atoms with E-state index in [2.05, 4.69) is 68.4 Å². The van der Waals surface area contributed by atoms with Crippen molar-refractivity contribution in [2.45, 2.75) is 63.0 Å². The number of nitrogens with zero attached hydrogens (tertiary/aromatic N) is 5. The largest absolute Gasteiger partial charge is 0.469 e. The van der Waals surface area contributed by atoms with E-state index in [0.29, 0.717) is 27.4 Å². The number of ether oxygens (including phenoxy) is 1. The van der Waals surface area contributed by atoms with Gasteiger partial charge in [-0.05, 0) is 117 Å². The van der Waals surface area contributed by atoms with Gasteiger partial charge in [0.2, 0.25) is 0 Å². The molecule has 1 unspecified atom stereocenters. The molecule has 238 valence electrons. The Morgan fingerprint density at radius 1 is 1.09 bits per heavy atom. The monoisotopic (exact) mass is 625 g/mol. The first-order chi connectivity index (χ1) is 21.9. The van der Waals surface area contributed by atoms with Crippen molar-refractivity contribution in [3.8, 4) is 5.69 Å². The van der Waals surface area contributed by atoms with E-state index < -0.39 is 0 Å². The predicted molar refractivity (Wildman–Crippen MR) is 180 cm³/mol. The SMILES string of the molecule is COC(=O)C[C@@]1(c2cc(N3CCNCC3)cc(-n3nc(C)cc3C)c2)[Si]C1CN1CC[C@@H](CCc2ccc3c(n2)NCCC3)C1. The molecule has 1 aromatic carbocycles. The number of likely N-dealkylation sites (tertiary alicyclic amines) is 1. The smallest absolute Gasteiger partial charge is 0.306 e. The summed E-state index contributed by atoms with van der Waals surface area (Å²) in [6, 6.07) is 13.6. The number of aromatic nitrogens is 3. The second-order valence-corrected chi connectivity index (χ2v) is 15.4. The van der Waals surface area contributed by atoms with Crippen LogP contribution < -0.4 is 15.5 Å². The van der Waals surface area contributed by atoms with Gasteiger partial charge in [0.15, 0.2) is 0 Å². The second-order valence-electron chi connectivity index (χ2n) is 13.5. The van der Waals surface area contributed by atoms with E-state index >= 15 is 0 Å². The highest BCUT2D eigenvalue weighted by molar-refractivity contribution is 6.57. The van der Waals surface area contributed by atoms with Gasteiger partial charge in [-0.3, -0.25) is 4.79 Å². The van der Waals surface area contributed by atoms with Crippen LogP contribution in [0.1, 0.15) is 53.9 Å². The minimum Gasteiger partial charge on any atom is -0.469 e. The average Bonchev–Trinajstić information content (AvgIpc) is 3.35.